The lowest BCUT2D eigenvalue weighted by atomic mass is 10.1. The molecule has 9 heteroatoms. The third-order valence-corrected chi connectivity index (χ3v) is 6.56. The Morgan fingerprint density at radius 3 is 2.50 bits per heavy atom. The van der Waals surface area contributed by atoms with Crippen molar-refractivity contribution in [1.29, 1.82) is 0 Å². The van der Waals surface area contributed by atoms with Crippen molar-refractivity contribution in [3.05, 3.63) is 57.6 Å². The summed E-state index contributed by atoms with van der Waals surface area (Å²) in [6.07, 6.45) is 1.88. The lowest BCUT2D eigenvalue weighted by Crippen LogP contribution is -2.29. The van der Waals surface area contributed by atoms with Gasteiger partial charge in [-0.2, -0.15) is 0 Å². The topological polar surface area (TPSA) is 75.7 Å². The molecule has 1 heterocycles. The van der Waals surface area contributed by atoms with E-state index < -0.39 is 10.0 Å². The van der Waals surface area contributed by atoms with Crippen LogP contribution in [-0.2, 0) is 16.6 Å². The standard InChI is InChI=1S/C19H20Cl2N2O4S/c1-27-18-7-6-15(11-16(18)19(24)23-8-2-3-9-23)28(25,26)22-12-13-4-5-14(20)10-17(13)21/h4-7,10-11,22H,2-3,8-9,12H2,1H3. The first-order valence-electron chi connectivity index (χ1n) is 8.73. The molecule has 1 amide bonds. The van der Waals surface area contributed by atoms with E-state index in [-0.39, 0.29) is 22.9 Å². The molecule has 150 valence electrons. The van der Waals surface area contributed by atoms with Crippen molar-refractivity contribution in [3.63, 3.8) is 0 Å². The highest BCUT2D eigenvalue weighted by molar-refractivity contribution is 7.89. The fraction of sp³-hybridized carbons (Fsp3) is 0.316. The van der Waals surface area contributed by atoms with Gasteiger partial charge in [-0.3, -0.25) is 4.79 Å². The van der Waals surface area contributed by atoms with Crippen LogP contribution in [0.25, 0.3) is 0 Å². The molecule has 0 aliphatic carbocycles. The number of nitrogens with zero attached hydrogens (tertiary/aromatic N) is 1. The number of nitrogens with one attached hydrogen (secondary N) is 1. The van der Waals surface area contributed by atoms with Gasteiger partial charge < -0.3 is 9.64 Å². The summed E-state index contributed by atoms with van der Waals surface area (Å²) in [5.41, 5.74) is 0.827. The van der Waals surface area contributed by atoms with Gasteiger partial charge in [-0.15, -0.1) is 0 Å². The lowest BCUT2D eigenvalue weighted by Gasteiger charge is -2.18. The van der Waals surface area contributed by atoms with Crippen LogP contribution in [0, 0.1) is 0 Å². The van der Waals surface area contributed by atoms with Gasteiger partial charge in [0, 0.05) is 29.7 Å². The van der Waals surface area contributed by atoms with E-state index in [1.54, 1.807) is 23.1 Å². The van der Waals surface area contributed by atoms with Crippen molar-refractivity contribution >= 4 is 39.1 Å². The van der Waals surface area contributed by atoms with Crippen molar-refractivity contribution < 1.29 is 17.9 Å². The average molecular weight is 443 g/mol. The van der Waals surface area contributed by atoms with E-state index in [0.29, 0.717) is 34.4 Å². The van der Waals surface area contributed by atoms with Crippen LogP contribution in [0.5, 0.6) is 5.75 Å². The Bertz CT molecular complexity index is 989. The maximum Gasteiger partial charge on any atom is 0.257 e. The summed E-state index contributed by atoms with van der Waals surface area (Å²) < 4.78 is 33.2. The Morgan fingerprint density at radius 1 is 1.14 bits per heavy atom. The van der Waals surface area contributed by atoms with Gasteiger partial charge in [-0.1, -0.05) is 29.3 Å². The first-order valence-corrected chi connectivity index (χ1v) is 11.0. The van der Waals surface area contributed by atoms with Crippen molar-refractivity contribution in [3.8, 4) is 5.75 Å². The minimum Gasteiger partial charge on any atom is -0.496 e. The number of ether oxygens (including phenoxy) is 1. The molecule has 2 aromatic rings. The van der Waals surface area contributed by atoms with Crippen molar-refractivity contribution in [1.82, 2.24) is 9.62 Å². The molecule has 1 aliphatic rings. The molecule has 0 unspecified atom stereocenters. The number of hydrogen-bond donors (Lipinski definition) is 1. The Hall–Kier alpha value is -1.80. The third kappa shape index (κ3) is 4.60. The van der Waals surface area contributed by atoms with E-state index in [4.69, 9.17) is 27.9 Å². The molecule has 0 atom stereocenters. The minimum absolute atomic E-state index is 0.000229. The molecule has 1 aliphatic heterocycles. The quantitative estimate of drug-likeness (QED) is 0.739. The number of amides is 1. The van der Waals surface area contributed by atoms with Crippen molar-refractivity contribution in [2.45, 2.75) is 24.3 Å². The van der Waals surface area contributed by atoms with Gasteiger partial charge >= 0.3 is 0 Å². The normalized spacial score (nSPS) is 14.3. The Balaban J connectivity index is 1.84. The third-order valence-electron chi connectivity index (χ3n) is 4.57. The first-order chi connectivity index (χ1) is 13.3. The van der Waals surface area contributed by atoms with Crippen molar-refractivity contribution in [2.75, 3.05) is 20.2 Å². The second-order valence-electron chi connectivity index (χ2n) is 6.42. The monoisotopic (exact) mass is 442 g/mol. The Kier molecular flexibility index (Phi) is 6.50. The molecule has 1 saturated heterocycles. The largest absolute Gasteiger partial charge is 0.496 e. The number of rotatable bonds is 6. The van der Waals surface area contributed by atoms with Gasteiger partial charge in [-0.05, 0) is 48.7 Å². The second kappa shape index (κ2) is 8.69. The highest BCUT2D eigenvalue weighted by Gasteiger charge is 2.25. The molecular formula is C19H20Cl2N2O4S. The predicted octanol–water partition coefficient (Wildman–Crippen LogP) is 3.72. The van der Waals surface area contributed by atoms with Gasteiger partial charge in [0.2, 0.25) is 10.0 Å². The molecule has 2 aromatic carbocycles. The molecule has 6 nitrogen and oxygen atoms in total. The summed E-state index contributed by atoms with van der Waals surface area (Å²) >= 11 is 12.0. The average Bonchev–Trinajstić information content (AvgIpc) is 3.21. The number of hydrogen-bond acceptors (Lipinski definition) is 4. The van der Waals surface area contributed by atoms with E-state index in [0.717, 1.165) is 12.8 Å². The number of benzene rings is 2. The fourth-order valence-electron chi connectivity index (χ4n) is 3.03. The highest BCUT2D eigenvalue weighted by Crippen LogP contribution is 2.26. The van der Waals surface area contributed by atoms with E-state index in [1.165, 1.54) is 25.3 Å². The van der Waals surface area contributed by atoms with E-state index in [1.807, 2.05) is 0 Å². The smallest absolute Gasteiger partial charge is 0.257 e. The number of halogens is 2. The molecule has 0 aromatic heterocycles. The summed E-state index contributed by atoms with van der Waals surface area (Å²) in [6, 6.07) is 9.09. The first kappa shape index (κ1) is 20.9. The minimum atomic E-state index is -3.86. The zero-order valence-electron chi connectivity index (χ0n) is 15.2. The van der Waals surface area contributed by atoms with Crippen LogP contribution in [-0.4, -0.2) is 39.4 Å². The number of sulfonamides is 1. The van der Waals surface area contributed by atoms with E-state index >= 15 is 0 Å². The van der Waals surface area contributed by atoms with Crippen molar-refractivity contribution in [2.24, 2.45) is 0 Å². The van der Waals surface area contributed by atoms with Crippen LogP contribution in [0.1, 0.15) is 28.8 Å². The maximum absolute atomic E-state index is 12.8. The van der Waals surface area contributed by atoms with Gasteiger partial charge in [0.25, 0.3) is 5.91 Å². The van der Waals surface area contributed by atoms with Gasteiger partial charge in [0.1, 0.15) is 5.75 Å². The summed E-state index contributed by atoms with van der Waals surface area (Å²) in [5, 5.41) is 0.839. The summed E-state index contributed by atoms with van der Waals surface area (Å²) in [6.45, 7) is 1.32. The van der Waals surface area contributed by atoms with Gasteiger partial charge in [0.05, 0.1) is 17.6 Å². The van der Waals surface area contributed by atoms with Crippen LogP contribution in [0.15, 0.2) is 41.3 Å². The summed E-state index contributed by atoms with van der Waals surface area (Å²) in [4.78, 5) is 14.5. The van der Waals surface area contributed by atoms with Crippen LogP contribution < -0.4 is 9.46 Å². The molecule has 3 rings (SSSR count). The zero-order valence-corrected chi connectivity index (χ0v) is 17.6. The molecule has 28 heavy (non-hydrogen) atoms. The molecule has 1 fully saturated rings. The SMILES string of the molecule is COc1ccc(S(=O)(=O)NCc2ccc(Cl)cc2Cl)cc1C(=O)N1CCCC1. The predicted molar refractivity (Wildman–Crippen MR) is 109 cm³/mol. The van der Waals surface area contributed by atoms with E-state index in [9.17, 15) is 13.2 Å². The van der Waals surface area contributed by atoms with E-state index in [2.05, 4.69) is 4.72 Å². The van der Waals surface area contributed by atoms with Crippen LogP contribution >= 0.6 is 23.2 Å². The molecule has 0 bridgehead atoms. The maximum atomic E-state index is 12.8. The highest BCUT2D eigenvalue weighted by atomic mass is 35.5. The number of carbonyl (C=O) groups excluding carboxylic acids is 1. The van der Waals surface area contributed by atoms with Crippen LogP contribution in [0.3, 0.4) is 0 Å². The molecule has 0 spiro atoms. The molecule has 0 saturated carbocycles. The van der Waals surface area contributed by atoms with Gasteiger partial charge in [-0.25, -0.2) is 13.1 Å². The van der Waals surface area contributed by atoms with Crippen LogP contribution in [0.2, 0.25) is 10.0 Å². The summed E-state index contributed by atoms with van der Waals surface area (Å²) in [7, 11) is -2.41. The Morgan fingerprint density at radius 2 is 1.86 bits per heavy atom. The number of methoxy groups -OCH3 is 1. The number of carbonyl (C=O) groups is 1. The van der Waals surface area contributed by atoms with Gasteiger partial charge in [0.15, 0.2) is 0 Å². The zero-order chi connectivity index (χ0) is 20.3. The fourth-order valence-corrected chi connectivity index (χ4v) is 4.54. The summed E-state index contributed by atoms with van der Waals surface area (Å²) in [5.74, 6) is 0.115. The molecule has 1 N–H and O–H groups in total. The second-order valence-corrected chi connectivity index (χ2v) is 9.03. The molecule has 0 radical (unpaired) electrons. The lowest BCUT2D eigenvalue weighted by molar-refractivity contribution is 0.0789. The number of likely N-dealkylation sites (tertiary alicyclic amines) is 1. The van der Waals surface area contributed by atoms with Crippen LogP contribution in [0.4, 0.5) is 0 Å². The Labute approximate surface area is 174 Å². The molecular weight excluding hydrogens is 423 g/mol.